The van der Waals surface area contributed by atoms with Crippen molar-refractivity contribution in [1.29, 1.82) is 0 Å². The number of hydrogen-bond acceptors (Lipinski definition) is 3. The van der Waals surface area contributed by atoms with Crippen molar-refractivity contribution >= 4 is 30.4 Å². The molecule has 0 N–H and O–H groups in total. The van der Waals surface area contributed by atoms with Gasteiger partial charge < -0.3 is 15.1 Å². The summed E-state index contributed by atoms with van der Waals surface area (Å²) in [4.78, 5) is 0. The van der Waals surface area contributed by atoms with E-state index in [1.54, 1.807) is 0 Å². The van der Waals surface area contributed by atoms with Crippen LogP contribution in [0.5, 0.6) is 0 Å². The molecule has 0 aliphatic carbocycles. The summed E-state index contributed by atoms with van der Waals surface area (Å²) < 4.78 is 0. The Morgan fingerprint density at radius 2 is 1.00 bits per heavy atom. The Bertz CT molecular complexity index is 15.5. The van der Waals surface area contributed by atoms with Crippen LogP contribution in [0.25, 0.3) is 0 Å². The van der Waals surface area contributed by atoms with Crippen LogP contribution in [0, 0.1) is 0 Å². The number of hydrogen-bond donors (Lipinski definition) is 0. The molecule has 0 unspecified atom stereocenters. The summed E-state index contributed by atoms with van der Waals surface area (Å²) >= 11 is 0. The predicted octanol–water partition coefficient (Wildman–Crippen LogP) is -4.33. The molecule has 0 atom stereocenters. The van der Waals surface area contributed by atoms with Crippen molar-refractivity contribution in [2.75, 3.05) is 0 Å². The van der Waals surface area contributed by atoms with Crippen LogP contribution in [0.15, 0.2) is 0 Å². The third-order valence-corrected chi connectivity index (χ3v) is 0. The monoisotopic (exact) mass is 172 g/mol. The fourth-order valence-corrected chi connectivity index (χ4v) is 0. The maximum absolute atomic E-state index is 8.42. The first-order valence-corrected chi connectivity index (χ1v) is 0.707. The molecule has 0 aromatic heterocycles. The van der Waals surface area contributed by atoms with Gasteiger partial charge >= 0.3 is 55.8 Å². The Morgan fingerprint density at radius 3 is 1.00 bits per heavy atom. The first-order chi connectivity index (χ1) is 1.73. The van der Waals surface area contributed by atoms with Crippen molar-refractivity contribution in [3.05, 3.63) is 0 Å². The molecule has 24 valence electrons. The minimum atomic E-state index is -2.92. The molecule has 0 bridgehead atoms. The van der Waals surface area contributed by atoms with E-state index >= 15 is 0 Å². The summed E-state index contributed by atoms with van der Waals surface area (Å²) in [5.41, 5.74) is 0. The molecule has 0 aromatic rings. The van der Waals surface area contributed by atoms with E-state index in [0.717, 1.165) is 0 Å². The molecule has 0 radical (unpaired) electrons. The summed E-state index contributed by atoms with van der Waals surface area (Å²) in [6.45, 7) is 0. The van der Waals surface area contributed by atoms with E-state index in [0.29, 0.717) is 0 Å². The van der Waals surface area contributed by atoms with Gasteiger partial charge in [0.1, 0.15) is 0 Å². The second kappa shape index (κ2) is 9.94. The zero-order chi connectivity index (χ0) is 3.58. The largest absolute Gasteiger partial charge is 3.00 e. The fourth-order valence-electron chi connectivity index (χ4n) is 0. The van der Waals surface area contributed by atoms with Gasteiger partial charge in [0.2, 0.25) is 0 Å². The maximum Gasteiger partial charge on any atom is 3.00 e. The van der Waals surface area contributed by atoms with Gasteiger partial charge in [-0.05, 0) is 0 Å². The van der Waals surface area contributed by atoms with E-state index in [1.165, 1.54) is 0 Å². The van der Waals surface area contributed by atoms with Gasteiger partial charge in [0.05, 0.1) is 0 Å². The molecule has 0 amide bonds. The predicted molar refractivity (Wildman–Crippen MR) is 11.5 cm³/mol. The van der Waals surface area contributed by atoms with Crippen molar-refractivity contribution in [3.8, 4) is 0 Å². The molecule has 6 heavy (non-hydrogen) atoms. The SMILES string of the molecule is [Mg+2].[O-]B([O-])[O-].[Y+3]. The molecule has 6 heteroatoms. The Kier molecular flexibility index (Phi) is 25.9. The fraction of sp³-hybridized carbons (Fsp3) is 0. The smallest absolute Gasteiger partial charge is 0.907 e. The van der Waals surface area contributed by atoms with Crippen LogP contribution in [-0.2, 0) is 32.7 Å². The van der Waals surface area contributed by atoms with E-state index in [2.05, 4.69) is 0 Å². The zero-order valence-electron chi connectivity index (χ0n) is 3.09. The maximum atomic E-state index is 8.42. The Hall–Kier alpha value is 1.82. The summed E-state index contributed by atoms with van der Waals surface area (Å²) in [7, 11) is -2.92. The summed E-state index contributed by atoms with van der Waals surface area (Å²) in [6.07, 6.45) is 0. The van der Waals surface area contributed by atoms with Crippen molar-refractivity contribution in [2.24, 2.45) is 0 Å². The van der Waals surface area contributed by atoms with Crippen LogP contribution in [0.3, 0.4) is 0 Å². The summed E-state index contributed by atoms with van der Waals surface area (Å²) in [6, 6.07) is 0. The van der Waals surface area contributed by atoms with Gasteiger partial charge in [-0.1, -0.05) is 0 Å². The molecule has 0 saturated carbocycles. The topological polar surface area (TPSA) is 69.2 Å². The molecule has 0 aromatic carbocycles. The van der Waals surface area contributed by atoms with Crippen molar-refractivity contribution < 1.29 is 47.8 Å². The summed E-state index contributed by atoms with van der Waals surface area (Å²) in [5.74, 6) is 0. The van der Waals surface area contributed by atoms with Crippen LogP contribution in [0.4, 0.5) is 0 Å². The van der Waals surface area contributed by atoms with Gasteiger partial charge in [-0.15, -0.1) is 0 Å². The van der Waals surface area contributed by atoms with E-state index < -0.39 is 7.32 Å². The molecule has 0 spiro atoms. The van der Waals surface area contributed by atoms with Gasteiger partial charge in [-0.2, -0.15) is 0 Å². The van der Waals surface area contributed by atoms with Gasteiger partial charge in [0, 0.05) is 0 Å². The van der Waals surface area contributed by atoms with E-state index in [4.69, 9.17) is 15.1 Å². The van der Waals surface area contributed by atoms with Crippen LogP contribution in [0.1, 0.15) is 0 Å². The quantitative estimate of drug-likeness (QED) is 0.347. The molecular formula is BMgO3Y+2. The van der Waals surface area contributed by atoms with Gasteiger partial charge in [-0.25, -0.2) is 0 Å². The standard InChI is InChI=1S/BO3.Mg.Y/c2-1(3)4;;/q-3;+2;+3. The normalized spacial score (nSPS) is 4.50. The average molecular weight is 172 g/mol. The molecule has 0 heterocycles. The van der Waals surface area contributed by atoms with E-state index in [-0.39, 0.29) is 55.8 Å². The van der Waals surface area contributed by atoms with E-state index in [9.17, 15) is 0 Å². The van der Waals surface area contributed by atoms with Crippen molar-refractivity contribution in [3.63, 3.8) is 0 Å². The summed E-state index contributed by atoms with van der Waals surface area (Å²) in [5, 5.41) is 25.2. The third kappa shape index (κ3) is 40.9. The molecule has 0 aliphatic heterocycles. The van der Waals surface area contributed by atoms with Crippen LogP contribution < -0.4 is 15.1 Å². The van der Waals surface area contributed by atoms with Crippen LogP contribution in [-0.4, -0.2) is 30.4 Å². The Labute approximate surface area is 77.3 Å². The second-order valence-corrected chi connectivity index (χ2v) is 0.289. The van der Waals surface area contributed by atoms with Crippen LogP contribution >= 0.6 is 0 Å². The van der Waals surface area contributed by atoms with E-state index in [1.807, 2.05) is 0 Å². The first kappa shape index (κ1) is 15.7. The van der Waals surface area contributed by atoms with Crippen molar-refractivity contribution in [2.45, 2.75) is 0 Å². The van der Waals surface area contributed by atoms with Crippen molar-refractivity contribution in [1.82, 2.24) is 0 Å². The van der Waals surface area contributed by atoms with Gasteiger partial charge in [0.25, 0.3) is 0 Å². The first-order valence-electron chi connectivity index (χ1n) is 0.707. The van der Waals surface area contributed by atoms with Crippen LogP contribution in [0.2, 0.25) is 0 Å². The minimum absolute atomic E-state index is 0. The Morgan fingerprint density at radius 1 is 1.00 bits per heavy atom. The molecule has 3 nitrogen and oxygen atoms in total. The molecular weight excluding hydrogens is 172 g/mol. The Balaban J connectivity index is -0.0000000450. The average Bonchev–Trinajstić information content (AvgIpc) is 0.811. The third-order valence-electron chi connectivity index (χ3n) is 0. The molecule has 0 fully saturated rings. The molecule has 0 rings (SSSR count). The number of rotatable bonds is 0. The van der Waals surface area contributed by atoms with Gasteiger partial charge in [0.15, 0.2) is 0 Å². The molecule has 0 aliphatic rings. The van der Waals surface area contributed by atoms with Gasteiger partial charge in [-0.3, -0.25) is 7.32 Å². The second-order valence-electron chi connectivity index (χ2n) is 0.289. The minimum Gasteiger partial charge on any atom is -0.907 e. The zero-order valence-corrected chi connectivity index (χ0v) is 7.34. The molecule has 0 saturated heterocycles.